The predicted molar refractivity (Wildman–Crippen MR) is 86.8 cm³/mol. The Morgan fingerprint density at radius 3 is 2.61 bits per heavy atom. The van der Waals surface area contributed by atoms with Crippen LogP contribution >= 0.6 is 11.8 Å². The van der Waals surface area contributed by atoms with Crippen molar-refractivity contribution in [3.8, 4) is 0 Å². The highest BCUT2D eigenvalue weighted by atomic mass is 32.2. The average molecular weight is 355 g/mol. The molecule has 2 aromatic rings. The SMILES string of the molecule is COC(=O)c1ccc(F)c(S(=O)(=O)Nc2cccc(SC)c2)c1. The monoisotopic (exact) mass is 355 g/mol. The first-order valence-corrected chi connectivity index (χ1v) is 9.13. The molecule has 5 nitrogen and oxygen atoms in total. The molecular weight excluding hydrogens is 341 g/mol. The summed E-state index contributed by atoms with van der Waals surface area (Å²) in [4.78, 5) is 11.7. The van der Waals surface area contributed by atoms with E-state index in [1.807, 2.05) is 12.3 Å². The van der Waals surface area contributed by atoms with E-state index in [9.17, 15) is 17.6 Å². The Balaban J connectivity index is 2.40. The van der Waals surface area contributed by atoms with Gasteiger partial charge in [-0.15, -0.1) is 11.8 Å². The van der Waals surface area contributed by atoms with Crippen LogP contribution < -0.4 is 4.72 Å². The number of anilines is 1. The van der Waals surface area contributed by atoms with Gasteiger partial charge in [0.2, 0.25) is 0 Å². The van der Waals surface area contributed by atoms with Crippen molar-refractivity contribution in [1.82, 2.24) is 0 Å². The van der Waals surface area contributed by atoms with Gasteiger partial charge in [-0.1, -0.05) is 6.07 Å². The van der Waals surface area contributed by atoms with Crippen molar-refractivity contribution in [2.75, 3.05) is 18.1 Å². The number of methoxy groups -OCH3 is 1. The molecule has 23 heavy (non-hydrogen) atoms. The van der Waals surface area contributed by atoms with Crippen molar-refractivity contribution < 1.29 is 22.3 Å². The highest BCUT2D eigenvalue weighted by molar-refractivity contribution is 7.98. The van der Waals surface area contributed by atoms with Crippen LogP contribution in [0.5, 0.6) is 0 Å². The van der Waals surface area contributed by atoms with Gasteiger partial charge in [-0.25, -0.2) is 17.6 Å². The lowest BCUT2D eigenvalue weighted by Crippen LogP contribution is -2.16. The Kier molecular flexibility index (Phi) is 5.27. The molecule has 0 unspecified atom stereocenters. The van der Waals surface area contributed by atoms with E-state index in [0.717, 1.165) is 30.2 Å². The number of hydrogen-bond acceptors (Lipinski definition) is 5. The Labute approximate surface area is 137 Å². The smallest absolute Gasteiger partial charge is 0.337 e. The molecule has 0 fully saturated rings. The van der Waals surface area contributed by atoms with Crippen LogP contribution in [0.25, 0.3) is 0 Å². The van der Waals surface area contributed by atoms with Crippen molar-refractivity contribution in [3.05, 3.63) is 53.8 Å². The molecule has 2 rings (SSSR count). The van der Waals surface area contributed by atoms with E-state index >= 15 is 0 Å². The summed E-state index contributed by atoms with van der Waals surface area (Å²) in [6.45, 7) is 0. The molecule has 0 aromatic heterocycles. The number of thioether (sulfide) groups is 1. The second kappa shape index (κ2) is 7.01. The van der Waals surface area contributed by atoms with E-state index in [1.165, 1.54) is 11.8 Å². The zero-order valence-corrected chi connectivity index (χ0v) is 14.0. The van der Waals surface area contributed by atoms with Crippen LogP contribution in [0.1, 0.15) is 10.4 Å². The summed E-state index contributed by atoms with van der Waals surface area (Å²) < 4.78 is 45.5. The Morgan fingerprint density at radius 2 is 1.96 bits per heavy atom. The standard InChI is InChI=1S/C15H14FNO4S2/c1-21-15(18)10-6-7-13(16)14(8-10)23(19,20)17-11-4-3-5-12(9-11)22-2/h3-9,17H,1-2H3. The normalized spacial score (nSPS) is 11.1. The van der Waals surface area contributed by atoms with Crippen LogP contribution in [0.3, 0.4) is 0 Å². The van der Waals surface area contributed by atoms with Gasteiger partial charge in [0.05, 0.1) is 12.7 Å². The van der Waals surface area contributed by atoms with Crippen molar-refractivity contribution in [3.63, 3.8) is 0 Å². The number of halogens is 1. The number of esters is 1. The maximum atomic E-state index is 13.9. The van der Waals surface area contributed by atoms with Gasteiger partial charge in [-0.05, 0) is 42.7 Å². The molecule has 0 bridgehead atoms. The topological polar surface area (TPSA) is 72.5 Å². The molecule has 0 radical (unpaired) electrons. The van der Waals surface area contributed by atoms with Gasteiger partial charge in [0.15, 0.2) is 0 Å². The summed E-state index contributed by atoms with van der Waals surface area (Å²) in [5.74, 6) is -1.70. The second-order valence-corrected chi connectivity index (χ2v) is 7.00. The summed E-state index contributed by atoms with van der Waals surface area (Å²) in [7, 11) is -3.02. The first kappa shape index (κ1) is 17.3. The van der Waals surface area contributed by atoms with Gasteiger partial charge < -0.3 is 4.74 Å². The zero-order chi connectivity index (χ0) is 17.0. The summed E-state index contributed by atoms with van der Waals surface area (Å²) in [5.41, 5.74) is 0.256. The lowest BCUT2D eigenvalue weighted by atomic mass is 10.2. The highest BCUT2D eigenvalue weighted by Gasteiger charge is 2.21. The molecule has 0 aliphatic rings. The van der Waals surface area contributed by atoms with E-state index in [0.29, 0.717) is 5.69 Å². The van der Waals surface area contributed by atoms with Crippen molar-refractivity contribution in [1.29, 1.82) is 0 Å². The van der Waals surface area contributed by atoms with E-state index in [-0.39, 0.29) is 5.56 Å². The van der Waals surface area contributed by atoms with Gasteiger partial charge in [-0.2, -0.15) is 0 Å². The minimum atomic E-state index is -4.18. The number of carbonyl (C=O) groups is 1. The van der Waals surface area contributed by atoms with Crippen molar-refractivity contribution in [2.45, 2.75) is 9.79 Å². The summed E-state index contributed by atoms with van der Waals surface area (Å²) in [5, 5.41) is 0. The van der Waals surface area contributed by atoms with E-state index in [4.69, 9.17) is 0 Å². The molecule has 0 aliphatic carbocycles. The lowest BCUT2D eigenvalue weighted by Gasteiger charge is -2.10. The molecule has 0 atom stereocenters. The van der Waals surface area contributed by atoms with Gasteiger partial charge in [0, 0.05) is 10.6 Å². The largest absolute Gasteiger partial charge is 0.465 e. The molecule has 0 amide bonds. The molecule has 0 saturated heterocycles. The minimum absolute atomic E-state index is 0.0489. The van der Waals surface area contributed by atoms with Crippen molar-refractivity contribution in [2.24, 2.45) is 0 Å². The van der Waals surface area contributed by atoms with E-state index in [1.54, 1.807) is 18.2 Å². The maximum absolute atomic E-state index is 13.9. The number of nitrogens with one attached hydrogen (secondary N) is 1. The molecule has 122 valence electrons. The number of rotatable bonds is 5. The Bertz CT molecular complexity index is 837. The number of sulfonamides is 1. The van der Waals surface area contributed by atoms with E-state index < -0.39 is 26.7 Å². The van der Waals surface area contributed by atoms with Crippen LogP contribution in [0.15, 0.2) is 52.3 Å². The molecule has 0 saturated carbocycles. The average Bonchev–Trinajstić information content (AvgIpc) is 2.54. The first-order valence-electron chi connectivity index (χ1n) is 6.42. The highest BCUT2D eigenvalue weighted by Crippen LogP contribution is 2.23. The van der Waals surface area contributed by atoms with Gasteiger partial charge in [-0.3, -0.25) is 4.72 Å². The van der Waals surface area contributed by atoms with Crippen LogP contribution in [-0.4, -0.2) is 27.8 Å². The number of benzene rings is 2. The Morgan fingerprint density at radius 1 is 1.22 bits per heavy atom. The third-order valence-corrected chi connectivity index (χ3v) is 5.09. The summed E-state index contributed by atoms with van der Waals surface area (Å²) in [6.07, 6.45) is 1.85. The third kappa shape index (κ3) is 4.02. The van der Waals surface area contributed by atoms with Crippen LogP contribution in [0, 0.1) is 5.82 Å². The predicted octanol–water partition coefficient (Wildman–Crippen LogP) is 3.14. The molecule has 0 heterocycles. The number of hydrogen-bond donors (Lipinski definition) is 1. The molecule has 2 aromatic carbocycles. The first-order chi connectivity index (χ1) is 10.9. The molecule has 0 aliphatic heterocycles. The summed E-state index contributed by atoms with van der Waals surface area (Å²) in [6, 6.07) is 9.71. The lowest BCUT2D eigenvalue weighted by molar-refractivity contribution is 0.0600. The van der Waals surface area contributed by atoms with Crippen molar-refractivity contribution >= 4 is 33.4 Å². The molecule has 1 N–H and O–H groups in total. The fourth-order valence-electron chi connectivity index (χ4n) is 1.85. The molecule has 8 heteroatoms. The third-order valence-electron chi connectivity index (χ3n) is 2.96. The number of ether oxygens (including phenoxy) is 1. The molecule has 0 spiro atoms. The van der Waals surface area contributed by atoms with Gasteiger partial charge >= 0.3 is 5.97 Å². The minimum Gasteiger partial charge on any atom is -0.465 e. The quantitative estimate of drug-likeness (QED) is 0.659. The van der Waals surface area contributed by atoms with Gasteiger partial charge in [0.25, 0.3) is 10.0 Å². The van der Waals surface area contributed by atoms with Crippen LogP contribution in [0.2, 0.25) is 0 Å². The molecular formula is C15H14FNO4S2. The van der Waals surface area contributed by atoms with Gasteiger partial charge in [0.1, 0.15) is 10.7 Å². The van der Waals surface area contributed by atoms with E-state index in [2.05, 4.69) is 9.46 Å². The fraction of sp³-hybridized carbons (Fsp3) is 0.133. The number of carbonyl (C=O) groups excluding carboxylic acids is 1. The van der Waals surface area contributed by atoms with Crippen LogP contribution in [0.4, 0.5) is 10.1 Å². The van der Waals surface area contributed by atoms with Crippen LogP contribution in [-0.2, 0) is 14.8 Å². The zero-order valence-electron chi connectivity index (χ0n) is 12.4. The Hall–Kier alpha value is -2.06. The maximum Gasteiger partial charge on any atom is 0.337 e. The summed E-state index contributed by atoms with van der Waals surface area (Å²) >= 11 is 1.45. The fourth-order valence-corrected chi connectivity index (χ4v) is 3.46. The second-order valence-electron chi connectivity index (χ2n) is 4.47.